The molecule has 6 heteroatoms. The average Bonchev–Trinajstić information content (AvgIpc) is 3.20. The molecule has 0 fully saturated rings. The van der Waals surface area contributed by atoms with Gasteiger partial charge in [0, 0.05) is 25.8 Å². The molecule has 0 radical (unpaired) electrons. The van der Waals surface area contributed by atoms with Crippen molar-refractivity contribution >= 4 is 21.4 Å². The Bertz CT molecular complexity index is 655. The Morgan fingerprint density at radius 2 is 0.582 bits per heavy atom. The maximum atomic E-state index is 6.80. The van der Waals surface area contributed by atoms with Crippen LogP contribution in [0.15, 0.2) is 0 Å². The molecule has 0 saturated carbocycles. The van der Waals surface area contributed by atoms with Crippen molar-refractivity contribution in [2.24, 2.45) is 0 Å². The molecule has 0 unspecified atom stereocenters. The summed E-state index contributed by atoms with van der Waals surface area (Å²) in [7, 11) is -2.74. The first kappa shape index (κ1) is 55.4. The smallest absolute Gasteiger partial charge is 0.373 e. The van der Waals surface area contributed by atoms with E-state index in [4.69, 9.17) is 13.3 Å². The van der Waals surface area contributed by atoms with Crippen molar-refractivity contribution in [3.63, 3.8) is 0 Å². The molecule has 0 rings (SSSR count). The summed E-state index contributed by atoms with van der Waals surface area (Å²) in [5.74, 6) is 0.863. The number of nitrogens with zero attached hydrogens (tertiary/aromatic N) is 1. The standard InChI is InChI=1S/C49H103NO3SSi/c1-5-9-13-15-17-19-21-23-25-27-29-31-33-35-37-39-45-51-55(49-41-48-54,53-47-44-50(42-11-7-3)43-12-8-4)52-46-40-38-36-34-32-30-28-26-24-22-20-18-16-14-10-6-2/h54H,5-49H2,1-4H3. The predicted molar refractivity (Wildman–Crippen MR) is 252 cm³/mol. The van der Waals surface area contributed by atoms with Crippen LogP contribution in [0, 0.1) is 0 Å². The first-order valence-electron chi connectivity index (χ1n) is 25.4. The highest BCUT2D eigenvalue weighted by molar-refractivity contribution is 7.80. The van der Waals surface area contributed by atoms with Gasteiger partial charge in [0.1, 0.15) is 0 Å². The highest BCUT2D eigenvalue weighted by Crippen LogP contribution is 2.22. The summed E-state index contributed by atoms with van der Waals surface area (Å²) in [5.41, 5.74) is 0. The molecular weight excluding hydrogens is 711 g/mol. The first-order valence-corrected chi connectivity index (χ1v) is 28.0. The second-order valence-corrected chi connectivity index (χ2v) is 20.4. The number of unbranched alkanes of at least 4 members (excludes halogenated alkanes) is 32. The van der Waals surface area contributed by atoms with Gasteiger partial charge in [-0.05, 0) is 50.9 Å². The van der Waals surface area contributed by atoms with Gasteiger partial charge in [-0.2, -0.15) is 12.6 Å². The summed E-state index contributed by atoms with van der Waals surface area (Å²) >= 11 is 4.59. The largest absolute Gasteiger partial charge is 0.501 e. The summed E-state index contributed by atoms with van der Waals surface area (Å²) in [6, 6.07) is 0.901. The zero-order valence-corrected chi connectivity index (χ0v) is 40.3. The Labute approximate surface area is 354 Å². The van der Waals surface area contributed by atoms with E-state index in [9.17, 15) is 0 Å². The van der Waals surface area contributed by atoms with Crippen LogP contribution in [0.5, 0.6) is 0 Å². The zero-order chi connectivity index (χ0) is 40.0. The third-order valence-electron chi connectivity index (χ3n) is 11.7. The molecule has 0 bridgehead atoms. The lowest BCUT2D eigenvalue weighted by molar-refractivity contribution is 0.0486. The second kappa shape index (κ2) is 47.1. The SMILES string of the molecule is CCCCCCCCCCCCCCCCCCO[Si](CCCS)(OCCCCCCCCCCCCCCCCCC)OCCN(CCCC)CCCC. The van der Waals surface area contributed by atoms with Gasteiger partial charge in [-0.3, -0.25) is 0 Å². The second-order valence-electron chi connectivity index (χ2n) is 17.2. The van der Waals surface area contributed by atoms with Gasteiger partial charge >= 0.3 is 8.80 Å². The van der Waals surface area contributed by atoms with Gasteiger partial charge in [0.15, 0.2) is 0 Å². The minimum atomic E-state index is -2.74. The minimum absolute atomic E-state index is 0.726. The number of hydrogen-bond donors (Lipinski definition) is 1. The van der Waals surface area contributed by atoms with Crippen LogP contribution in [0.1, 0.15) is 265 Å². The molecule has 0 aromatic rings. The van der Waals surface area contributed by atoms with Crippen LogP contribution in [-0.4, -0.2) is 58.9 Å². The topological polar surface area (TPSA) is 30.9 Å². The Morgan fingerprint density at radius 1 is 0.309 bits per heavy atom. The molecule has 0 spiro atoms. The fourth-order valence-electron chi connectivity index (χ4n) is 7.82. The van der Waals surface area contributed by atoms with Crippen molar-refractivity contribution in [3.8, 4) is 0 Å². The van der Waals surface area contributed by atoms with Gasteiger partial charge in [-0.25, -0.2) is 0 Å². The molecule has 4 nitrogen and oxygen atoms in total. The lowest BCUT2D eigenvalue weighted by atomic mass is 10.0. The maximum absolute atomic E-state index is 6.80. The first-order chi connectivity index (χ1) is 27.2. The summed E-state index contributed by atoms with van der Waals surface area (Å²) in [6.45, 7) is 14.8. The van der Waals surface area contributed by atoms with E-state index in [2.05, 4.69) is 45.2 Å². The molecule has 0 amide bonds. The lowest BCUT2D eigenvalue weighted by Crippen LogP contribution is -2.48. The molecule has 0 aliphatic rings. The molecule has 0 N–H and O–H groups in total. The Kier molecular flexibility index (Phi) is 47.4. The summed E-state index contributed by atoms with van der Waals surface area (Å²) in [4.78, 5) is 2.61. The van der Waals surface area contributed by atoms with E-state index in [1.165, 1.54) is 231 Å². The monoisotopic (exact) mass is 814 g/mol. The van der Waals surface area contributed by atoms with Crippen molar-refractivity contribution in [2.75, 3.05) is 45.2 Å². The third kappa shape index (κ3) is 41.0. The zero-order valence-electron chi connectivity index (χ0n) is 38.4. The van der Waals surface area contributed by atoms with E-state index in [0.29, 0.717) is 0 Å². The van der Waals surface area contributed by atoms with Crippen LogP contribution in [-0.2, 0) is 13.3 Å². The summed E-state index contributed by atoms with van der Waals surface area (Å²) in [6.07, 6.45) is 50.5. The van der Waals surface area contributed by atoms with Crippen molar-refractivity contribution in [2.45, 2.75) is 271 Å². The van der Waals surface area contributed by atoms with E-state index in [0.717, 1.165) is 57.4 Å². The van der Waals surface area contributed by atoms with Gasteiger partial charge in [-0.15, -0.1) is 0 Å². The van der Waals surface area contributed by atoms with Crippen LogP contribution in [0.25, 0.3) is 0 Å². The highest BCUT2D eigenvalue weighted by atomic mass is 32.1. The van der Waals surface area contributed by atoms with E-state index in [-0.39, 0.29) is 0 Å². The quantitative estimate of drug-likeness (QED) is 0.0377. The molecule has 332 valence electrons. The Morgan fingerprint density at radius 3 is 0.873 bits per heavy atom. The molecule has 0 saturated heterocycles. The van der Waals surface area contributed by atoms with Crippen LogP contribution in [0.3, 0.4) is 0 Å². The molecule has 0 aromatic heterocycles. The maximum Gasteiger partial charge on any atom is 0.501 e. The fraction of sp³-hybridized carbons (Fsp3) is 1.00. The van der Waals surface area contributed by atoms with E-state index < -0.39 is 8.80 Å². The highest BCUT2D eigenvalue weighted by Gasteiger charge is 2.40. The van der Waals surface area contributed by atoms with Gasteiger partial charge < -0.3 is 18.2 Å². The van der Waals surface area contributed by atoms with E-state index >= 15 is 0 Å². The van der Waals surface area contributed by atoms with Gasteiger partial charge in [-0.1, -0.05) is 233 Å². The summed E-state index contributed by atoms with van der Waals surface area (Å²) in [5, 5.41) is 0. The van der Waals surface area contributed by atoms with E-state index in [1.807, 2.05) is 0 Å². The molecule has 0 atom stereocenters. The lowest BCUT2D eigenvalue weighted by Gasteiger charge is -2.31. The number of hydrogen-bond acceptors (Lipinski definition) is 5. The van der Waals surface area contributed by atoms with Gasteiger partial charge in [0.25, 0.3) is 0 Å². The summed E-state index contributed by atoms with van der Waals surface area (Å²) < 4.78 is 20.3. The Hall–Kier alpha value is 0.407. The van der Waals surface area contributed by atoms with Crippen LogP contribution >= 0.6 is 12.6 Å². The normalized spacial score (nSPS) is 12.1. The fourth-order valence-corrected chi connectivity index (χ4v) is 10.9. The molecule has 55 heavy (non-hydrogen) atoms. The van der Waals surface area contributed by atoms with Crippen LogP contribution in [0.4, 0.5) is 0 Å². The molecule has 0 aromatic carbocycles. The van der Waals surface area contributed by atoms with Gasteiger partial charge in [0.2, 0.25) is 0 Å². The van der Waals surface area contributed by atoms with Gasteiger partial charge in [0.05, 0.1) is 6.61 Å². The van der Waals surface area contributed by atoms with Crippen molar-refractivity contribution < 1.29 is 13.3 Å². The van der Waals surface area contributed by atoms with E-state index in [1.54, 1.807) is 0 Å². The minimum Gasteiger partial charge on any atom is -0.373 e. The molecule has 0 aliphatic carbocycles. The van der Waals surface area contributed by atoms with Crippen LogP contribution < -0.4 is 0 Å². The average molecular weight is 815 g/mol. The van der Waals surface area contributed by atoms with Crippen molar-refractivity contribution in [1.29, 1.82) is 0 Å². The van der Waals surface area contributed by atoms with Crippen molar-refractivity contribution in [1.82, 2.24) is 4.90 Å². The predicted octanol–water partition coefficient (Wildman–Crippen LogP) is 16.7. The van der Waals surface area contributed by atoms with Crippen LogP contribution in [0.2, 0.25) is 6.04 Å². The molecule has 0 aliphatic heterocycles. The number of rotatable bonds is 49. The Balaban J connectivity index is 4.49. The third-order valence-corrected chi connectivity index (χ3v) is 14.9. The molecule has 0 heterocycles. The molecular formula is C49H103NO3SSi. The number of thiol groups is 1. The van der Waals surface area contributed by atoms with Crippen molar-refractivity contribution in [3.05, 3.63) is 0 Å².